The standard InChI is InChI=1S/C19H15Cl2N3S/c1-12-10-18(14-4-8-16(21)9-5-14)24(23-12)19-22-17(11-25-19)13-2-6-15(20)7-3-13/h2-9,11,18H,10H2,1H3/t18-/m0/s1. The van der Waals surface area contributed by atoms with Crippen LogP contribution in [0.4, 0.5) is 5.13 Å². The molecular weight excluding hydrogens is 373 g/mol. The van der Waals surface area contributed by atoms with E-state index in [9.17, 15) is 0 Å². The molecule has 0 saturated heterocycles. The number of hydrazone groups is 1. The SMILES string of the molecule is CC1=NN(c2nc(-c3ccc(Cl)cc3)cs2)[C@H](c2ccc(Cl)cc2)C1. The van der Waals surface area contributed by atoms with Crippen molar-refractivity contribution in [1.29, 1.82) is 0 Å². The highest BCUT2D eigenvalue weighted by Crippen LogP contribution is 2.38. The summed E-state index contributed by atoms with van der Waals surface area (Å²) >= 11 is 13.6. The zero-order valence-electron chi connectivity index (χ0n) is 13.5. The molecule has 2 heterocycles. The van der Waals surface area contributed by atoms with Crippen LogP contribution in [0.3, 0.4) is 0 Å². The lowest BCUT2D eigenvalue weighted by Gasteiger charge is -2.21. The minimum atomic E-state index is 0.154. The highest BCUT2D eigenvalue weighted by molar-refractivity contribution is 7.14. The Bertz CT molecular complexity index is 917. The number of thiazole rings is 1. The normalized spacial score (nSPS) is 17.0. The van der Waals surface area contributed by atoms with E-state index >= 15 is 0 Å². The van der Waals surface area contributed by atoms with E-state index in [0.29, 0.717) is 0 Å². The molecule has 6 heteroatoms. The Balaban J connectivity index is 1.65. The van der Waals surface area contributed by atoms with Gasteiger partial charge in [0.25, 0.3) is 0 Å². The summed E-state index contributed by atoms with van der Waals surface area (Å²) in [5, 5.41) is 11.1. The summed E-state index contributed by atoms with van der Waals surface area (Å²) < 4.78 is 0. The van der Waals surface area contributed by atoms with Crippen LogP contribution >= 0.6 is 34.5 Å². The van der Waals surface area contributed by atoms with Crippen molar-refractivity contribution in [2.45, 2.75) is 19.4 Å². The first kappa shape index (κ1) is 16.6. The molecule has 0 saturated carbocycles. The van der Waals surface area contributed by atoms with Gasteiger partial charge in [0.05, 0.1) is 11.7 Å². The van der Waals surface area contributed by atoms with Gasteiger partial charge in [0.1, 0.15) is 0 Å². The molecule has 2 aromatic carbocycles. The van der Waals surface area contributed by atoms with Crippen LogP contribution < -0.4 is 5.01 Å². The lowest BCUT2D eigenvalue weighted by molar-refractivity contribution is 0.706. The van der Waals surface area contributed by atoms with E-state index in [2.05, 4.69) is 24.4 Å². The fourth-order valence-corrected chi connectivity index (χ4v) is 3.99. The van der Waals surface area contributed by atoms with Crippen molar-refractivity contribution in [3.8, 4) is 11.3 Å². The molecule has 3 nitrogen and oxygen atoms in total. The summed E-state index contributed by atoms with van der Waals surface area (Å²) in [4.78, 5) is 4.79. The molecule has 25 heavy (non-hydrogen) atoms. The van der Waals surface area contributed by atoms with E-state index in [1.165, 1.54) is 5.56 Å². The molecule has 0 N–H and O–H groups in total. The Morgan fingerprint density at radius 3 is 2.32 bits per heavy atom. The third-order valence-electron chi connectivity index (χ3n) is 4.15. The van der Waals surface area contributed by atoms with Gasteiger partial charge in [-0.15, -0.1) is 11.3 Å². The van der Waals surface area contributed by atoms with Crippen molar-refractivity contribution >= 4 is 45.4 Å². The van der Waals surface area contributed by atoms with E-state index in [-0.39, 0.29) is 6.04 Å². The molecule has 0 aliphatic carbocycles. The molecule has 1 aliphatic rings. The minimum Gasteiger partial charge on any atom is -0.231 e. The summed E-state index contributed by atoms with van der Waals surface area (Å²) in [5.74, 6) is 0. The number of halogens is 2. The molecular formula is C19H15Cl2N3S. The highest BCUT2D eigenvalue weighted by atomic mass is 35.5. The number of nitrogens with zero attached hydrogens (tertiary/aromatic N) is 3. The van der Waals surface area contributed by atoms with E-state index in [4.69, 9.17) is 33.3 Å². The van der Waals surface area contributed by atoms with Gasteiger partial charge in [-0.1, -0.05) is 47.5 Å². The van der Waals surface area contributed by atoms with Gasteiger partial charge in [0.15, 0.2) is 0 Å². The largest absolute Gasteiger partial charge is 0.231 e. The summed E-state index contributed by atoms with van der Waals surface area (Å²) in [6.07, 6.45) is 0.886. The quantitative estimate of drug-likeness (QED) is 0.516. The van der Waals surface area contributed by atoms with Crippen LogP contribution in [-0.2, 0) is 0 Å². The van der Waals surface area contributed by atoms with Crippen LogP contribution in [0.1, 0.15) is 24.9 Å². The van der Waals surface area contributed by atoms with E-state index in [1.54, 1.807) is 11.3 Å². The zero-order valence-corrected chi connectivity index (χ0v) is 15.8. The van der Waals surface area contributed by atoms with Gasteiger partial charge in [0.2, 0.25) is 5.13 Å². The first-order valence-corrected chi connectivity index (χ1v) is 9.54. The smallest absolute Gasteiger partial charge is 0.207 e. The summed E-state index contributed by atoms with van der Waals surface area (Å²) in [5.41, 5.74) is 4.28. The fourth-order valence-electron chi connectivity index (χ4n) is 2.90. The summed E-state index contributed by atoms with van der Waals surface area (Å²) in [6, 6.07) is 15.8. The van der Waals surface area contributed by atoms with Gasteiger partial charge < -0.3 is 0 Å². The first-order valence-electron chi connectivity index (χ1n) is 7.90. The maximum absolute atomic E-state index is 6.02. The topological polar surface area (TPSA) is 28.5 Å². The number of aromatic nitrogens is 1. The second-order valence-electron chi connectivity index (χ2n) is 5.97. The summed E-state index contributed by atoms with van der Waals surface area (Å²) in [7, 11) is 0. The van der Waals surface area contributed by atoms with Gasteiger partial charge in [-0.05, 0) is 36.8 Å². The maximum atomic E-state index is 6.02. The molecule has 1 aliphatic heterocycles. The van der Waals surface area contributed by atoms with Crippen LogP contribution in [0.2, 0.25) is 10.0 Å². The molecule has 126 valence electrons. The molecule has 1 aromatic heterocycles. The average Bonchev–Trinajstić information content (AvgIpc) is 3.23. The van der Waals surface area contributed by atoms with Crippen molar-refractivity contribution in [2.24, 2.45) is 5.10 Å². The predicted molar refractivity (Wildman–Crippen MR) is 107 cm³/mol. The van der Waals surface area contributed by atoms with Crippen molar-refractivity contribution in [3.05, 3.63) is 69.5 Å². The second-order valence-corrected chi connectivity index (χ2v) is 7.68. The fraction of sp³-hybridized carbons (Fsp3) is 0.158. The Kier molecular flexibility index (Phi) is 4.50. The Morgan fingerprint density at radius 2 is 1.64 bits per heavy atom. The van der Waals surface area contributed by atoms with E-state index < -0.39 is 0 Å². The van der Waals surface area contributed by atoms with Gasteiger partial charge in [-0.2, -0.15) is 5.10 Å². The maximum Gasteiger partial charge on any atom is 0.207 e. The predicted octanol–water partition coefficient (Wildman–Crippen LogP) is 6.44. The number of anilines is 1. The number of hydrogen-bond acceptors (Lipinski definition) is 4. The van der Waals surface area contributed by atoms with Crippen LogP contribution in [0.15, 0.2) is 59.0 Å². The molecule has 0 unspecified atom stereocenters. The molecule has 3 aromatic rings. The lowest BCUT2D eigenvalue weighted by atomic mass is 10.0. The third-order valence-corrected chi connectivity index (χ3v) is 5.48. The molecule has 0 amide bonds. The van der Waals surface area contributed by atoms with Gasteiger partial charge in [-0.25, -0.2) is 9.99 Å². The zero-order chi connectivity index (χ0) is 17.4. The Labute approximate surface area is 160 Å². The highest BCUT2D eigenvalue weighted by Gasteiger charge is 2.29. The Hall–Kier alpha value is -1.88. The van der Waals surface area contributed by atoms with E-state index in [1.807, 2.05) is 41.4 Å². The molecule has 0 bridgehead atoms. The molecule has 1 atom stereocenters. The van der Waals surface area contributed by atoms with Gasteiger partial charge >= 0.3 is 0 Å². The monoisotopic (exact) mass is 387 g/mol. The summed E-state index contributed by atoms with van der Waals surface area (Å²) in [6.45, 7) is 2.05. The molecule has 0 radical (unpaired) electrons. The molecule has 0 spiro atoms. The second kappa shape index (κ2) is 6.79. The number of rotatable bonds is 3. The van der Waals surface area contributed by atoms with Crippen molar-refractivity contribution < 1.29 is 0 Å². The Morgan fingerprint density at radius 1 is 1.00 bits per heavy atom. The van der Waals surface area contributed by atoms with Crippen LogP contribution in [-0.4, -0.2) is 10.7 Å². The first-order chi connectivity index (χ1) is 12.1. The third kappa shape index (κ3) is 3.43. The molecule has 4 rings (SSSR count). The van der Waals surface area contributed by atoms with Crippen LogP contribution in [0, 0.1) is 0 Å². The average molecular weight is 388 g/mol. The van der Waals surface area contributed by atoms with Crippen molar-refractivity contribution in [1.82, 2.24) is 4.98 Å². The van der Waals surface area contributed by atoms with Crippen LogP contribution in [0.25, 0.3) is 11.3 Å². The lowest BCUT2D eigenvalue weighted by Crippen LogP contribution is -2.18. The number of hydrogen-bond donors (Lipinski definition) is 0. The van der Waals surface area contributed by atoms with Gasteiger partial charge in [0, 0.05) is 33.1 Å². The van der Waals surface area contributed by atoms with Crippen molar-refractivity contribution in [2.75, 3.05) is 5.01 Å². The number of benzene rings is 2. The van der Waals surface area contributed by atoms with Crippen molar-refractivity contribution in [3.63, 3.8) is 0 Å². The van der Waals surface area contributed by atoms with Gasteiger partial charge in [-0.3, -0.25) is 0 Å². The minimum absolute atomic E-state index is 0.154. The molecule has 0 fully saturated rings. The van der Waals surface area contributed by atoms with Crippen LogP contribution in [0.5, 0.6) is 0 Å². The van der Waals surface area contributed by atoms with E-state index in [0.717, 1.165) is 38.6 Å².